The highest BCUT2D eigenvalue weighted by Crippen LogP contribution is 2.47. The van der Waals surface area contributed by atoms with Crippen LogP contribution in [0, 0.1) is 11.7 Å². The van der Waals surface area contributed by atoms with E-state index in [0.717, 1.165) is 25.1 Å². The summed E-state index contributed by atoms with van der Waals surface area (Å²) in [5.41, 5.74) is 2.36. The molecule has 0 aromatic heterocycles. The first-order valence-electron chi connectivity index (χ1n) is 9.05. The third-order valence-corrected chi connectivity index (χ3v) is 6.23. The van der Waals surface area contributed by atoms with Crippen LogP contribution in [0.25, 0.3) is 0 Å². The van der Waals surface area contributed by atoms with E-state index in [-0.39, 0.29) is 5.82 Å². The van der Waals surface area contributed by atoms with E-state index < -0.39 is 0 Å². The van der Waals surface area contributed by atoms with E-state index in [0.29, 0.717) is 23.9 Å². The summed E-state index contributed by atoms with van der Waals surface area (Å²) in [6.07, 6.45) is 6.65. The van der Waals surface area contributed by atoms with Crippen molar-refractivity contribution in [3.8, 4) is 0 Å². The highest BCUT2D eigenvalue weighted by Gasteiger charge is 2.48. The molecule has 0 saturated carbocycles. The van der Waals surface area contributed by atoms with Crippen molar-refractivity contribution in [1.82, 2.24) is 4.90 Å². The Bertz CT molecular complexity index is 631. The Balaban J connectivity index is 1.97. The fraction of sp³-hybridized carbons (Fsp3) is 0.550. The van der Waals surface area contributed by atoms with Crippen LogP contribution in [0.5, 0.6) is 0 Å². The van der Waals surface area contributed by atoms with Gasteiger partial charge in [0.15, 0.2) is 0 Å². The molecular formula is C20H26FIN2O. The highest BCUT2D eigenvalue weighted by molar-refractivity contribution is 14.1. The van der Waals surface area contributed by atoms with Crippen LogP contribution in [-0.4, -0.2) is 36.3 Å². The number of rotatable bonds is 6. The topological polar surface area (TPSA) is 24.8 Å². The molecule has 1 aromatic rings. The Morgan fingerprint density at radius 1 is 1.36 bits per heavy atom. The second kappa shape index (κ2) is 8.62. The molecule has 2 unspecified atom stereocenters. The SMILES string of the molecule is CCC(=NOC)[C@@H]1C2CCC(C[C@@H]1c1ccc(F)cc1)N2CC=CI. The molecule has 0 aliphatic carbocycles. The largest absolute Gasteiger partial charge is 0.399 e. The Hall–Kier alpha value is -0.950. The minimum absolute atomic E-state index is 0.172. The average molecular weight is 456 g/mol. The van der Waals surface area contributed by atoms with Crippen LogP contribution < -0.4 is 0 Å². The minimum Gasteiger partial charge on any atom is -0.399 e. The number of halogens is 2. The van der Waals surface area contributed by atoms with Gasteiger partial charge in [0.2, 0.25) is 0 Å². The molecule has 2 saturated heterocycles. The van der Waals surface area contributed by atoms with Crippen LogP contribution in [0.15, 0.2) is 39.6 Å². The summed E-state index contributed by atoms with van der Waals surface area (Å²) in [6.45, 7) is 3.14. The molecule has 1 aromatic carbocycles. The Morgan fingerprint density at radius 3 is 2.76 bits per heavy atom. The number of hydrogen-bond acceptors (Lipinski definition) is 3. The first kappa shape index (κ1) is 18.8. The predicted molar refractivity (Wildman–Crippen MR) is 109 cm³/mol. The van der Waals surface area contributed by atoms with Gasteiger partial charge in [-0.15, -0.1) is 0 Å². The molecule has 2 bridgehead atoms. The van der Waals surface area contributed by atoms with Gasteiger partial charge in [0, 0.05) is 24.5 Å². The molecule has 2 aliphatic rings. The Labute approximate surface area is 163 Å². The fourth-order valence-corrected chi connectivity index (χ4v) is 4.97. The standard InChI is InChI=1S/C20H26FIN2O/c1-3-18(23-25-2)20-17(14-5-7-15(21)8-6-14)13-16-9-10-19(20)24(16)12-4-11-22/h4-8,11,16-17,19-20H,3,9-10,12-13H2,1-2H3/t16?,17-,19?,20-/m1/s1. The molecule has 3 rings (SSSR count). The smallest absolute Gasteiger partial charge is 0.123 e. The second-order valence-corrected chi connectivity index (χ2v) is 7.61. The van der Waals surface area contributed by atoms with Gasteiger partial charge in [-0.1, -0.05) is 52.9 Å². The molecule has 4 atom stereocenters. The molecule has 0 spiro atoms. The quantitative estimate of drug-likeness (QED) is 0.337. The van der Waals surface area contributed by atoms with Crippen molar-refractivity contribution in [3.63, 3.8) is 0 Å². The lowest BCUT2D eigenvalue weighted by atomic mass is 9.73. The number of nitrogens with zero attached hydrogens (tertiary/aromatic N) is 2. The van der Waals surface area contributed by atoms with Crippen molar-refractivity contribution in [2.75, 3.05) is 13.7 Å². The second-order valence-electron chi connectivity index (χ2n) is 6.90. The summed E-state index contributed by atoms with van der Waals surface area (Å²) in [6, 6.07) is 8.15. The van der Waals surface area contributed by atoms with E-state index in [4.69, 9.17) is 4.84 Å². The van der Waals surface area contributed by atoms with Gasteiger partial charge in [0.05, 0.1) is 5.71 Å². The summed E-state index contributed by atoms with van der Waals surface area (Å²) in [4.78, 5) is 7.81. The lowest BCUT2D eigenvalue weighted by Gasteiger charge is -2.45. The maximum absolute atomic E-state index is 13.4. The summed E-state index contributed by atoms with van der Waals surface area (Å²) in [5, 5.41) is 4.39. The lowest BCUT2D eigenvalue weighted by Crippen LogP contribution is -2.50. The Kier molecular flexibility index (Phi) is 6.49. The number of fused-ring (bicyclic) bond motifs is 2. The van der Waals surface area contributed by atoms with Gasteiger partial charge in [-0.2, -0.15) is 0 Å². The zero-order valence-electron chi connectivity index (χ0n) is 14.9. The molecule has 2 heterocycles. The lowest BCUT2D eigenvalue weighted by molar-refractivity contribution is 0.111. The van der Waals surface area contributed by atoms with Crippen LogP contribution in [0.1, 0.15) is 44.1 Å². The highest BCUT2D eigenvalue weighted by atomic mass is 127. The van der Waals surface area contributed by atoms with E-state index in [9.17, 15) is 4.39 Å². The maximum Gasteiger partial charge on any atom is 0.123 e. The van der Waals surface area contributed by atoms with Gasteiger partial charge in [-0.3, -0.25) is 4.90 Å². The van der Waals surface area contributed by atoms with Crippen LogP contribution in [0.4, 0.5) is 4.39 Å². The summed E-state index contributed by atoms with van der Waals surface area (Å²) < 4.78 is 15.5. The minimum atomic E-state index is -0.172. The average Bonchev–Trinajstić information content (AvgIpc) is 2.91. The first-order chi connectivity index (χ1) is 12.2. The van der Waals surface area contributed by atoms with Crippen molar-refractivity contribution in [3.05, 3.63) is 45.8 Å². The predicted octanol–water partition coefficient (Wildman–Crippen LogP) is 5.12. The normalized spacial score (nSPS) is 30.2. The molecule has 0 amide bonds. The third kappa shape index (κ3) is 3.92. The molecule has 136 valence electrons. The fourth-order valence-electron chi connectivity index (χ4n) is 4.74. The van der Waals surface area contributed by atoms with Crippen molar-refractivity contribution < 1.29 is 9.23 Å². The molecule has 3 nitrogen and oxygen atoms in total. The van der Waals surface area contributed by atoms with E-state index in [1.165, 1.54) is 18.4 Å². The van der Waals surface area contributed by atoms with E-state index in [1.807, 2.05) is 12.1 Å². The van der Waals surface area contributed by atoms with Gasteiger partial charge in [-0.25, -0.2) is 4.39 Å². The van der Waals surface area contributed by atoms with Crippen LogP contribution in [-0.2, 0) is 4.84 Å². The van der Waals surface area contributed by atoms with Crippen molar-refractivity contribution in [2.24, 2.45) is 11.1 Å². The van der Waals surface area contributed by atoms with E-state index in [2.05, 4.69) is 49.7 Å². The molecule has 2 fully saturated rings. The Morgan fingerprint density at radius 2 is 2.12 bits per heavy atom. The number of piperidine rings is 1. The maximum atomic E-state index is 13.4. The van der Waals surface area contributed by atoms with Crippen molar-refractivity contribution in [1.29, 1.82) is 0 Å². The first-order valence-corrected chi connectivity index (χ1v) is 10.3. The van der Waals surface area contributed by atoms with Gasteiger partial charge in [-0.05, 0) is 53.4 Å². The summed E-state index contributed by atoms with van der Waals surface area (Å²) >= 11 is 2.29. The van der Waals surface area contributed by atoms with Crippen molar-refractivity contribution in [2.45, 2.75) is 50.6 Å². The molecule has 25 heavy (non-hydrogen) atoms. The van der Waals surface area contributed by atoms with Crippen molar-refractivity contribution >= 4 is 28.3 Å². The molecule has 0 N–H and O–H groups in total. The molecular weight excluding hydrogens is 430 g/mol. The van der Waals surface area contributed by atoms with E-state index >= 15 is 0 Å². The molecule has 5 heteroatoms. The van der Waals surface area contributed by atoms with Crippen LogP contribution in [0.2, 0.25) is 0 Å². The van der Waals surface area contributed by atoms with Crippen LogP contribution in [0.3, 0.4) is 0 Å². The number of oxime groups is 1. The summed E-state index contributed by atoms with van der Waals surface area (Å²) in [5.74, 6) is 0.540. The van der Waals surface area contributed by atoms with E-state index in [1.54, 1.807) is 19.2 Å². The van der Waals surface area contributed by atoms with Gasteiger partial charge in [0.25, 0.3) is 0 Å². The number of benzene rings is 1. The van der Waals surface area contributed by atoms with Gasteiger partial charge in [0.1, 0.15) is 12.9 Å². The monoisotopic (exact) mass is 456 g/mol. The zero-order valence-corrected chi connectivity index (χ0v) is 17.0. The molecule has 2 aliphatic heterocycles. The van der Waals surface area contributed by atoms with Gasteiger partial charge >= 0.3 is 0 Å². The third-order valence-electron chi connectivity index (χ3n) is 5.72. The zero-order chi connectivity index (χ0) is 17.8. The summed E-state index contributed by atoms with van der Waals surface area (Å²) in [7, 11) is 1.62. The molecule has 0 radical (unpaired) electrons. The number of hydrogen-bond donors (Lipinski definition) is 0. The van der Waals surface area contributed by atoms with Crippen LogP contribution >= 0.6 is 22.6 Å². The van der Waals surface area contributed by atoms with Gasteiger partial charge < -0.3 is 4.84 Å².